The van der Waals surface area contributed by atoms with Crippen LogP contribution in [0.4, 0.5) is 11.5 Å². The van der Waals surface area contributed by atoms with Gasteiger partial charge in [-0.25, -0.2) is 0 Å². The number of anilines is 2. The van der Waals surface area contributed by atoms with E-state index in [2.05, 4.69) is 45.6 Å². The first kappa shape index (κ1) is 15.5. The van der Waals surface area contributed by atoms with Crippen LogP contribution in [0.2, 0.25) is 0 Å². The average molecular weight is 333 g/mol. The number of hydrogen-bond acceptors (Lipinski definition) is 5. The quantitative estimate of drug-likeness (QED) is 0.603. The molecule has 1 N–H and O–H groups in total. The highest BCUT2D eigenvalue weighted by atomic mass is 16.5. The van der Waals surface area contributed by atoms with Gasteiger partial charge in [-0.3, -0.25) is 4.40 Å². The maximum Gasteiger partial charge on any atom is 0.257 e. The van der Waals surface area contributed by atoms with Gasteiger partial charge in [0.1, 0.15) is 11.6 Å². The first-order chi connectivity index (χ1) is 12.3. The molecule has 0 aliphatic carbocycles. The Morgan fingerprint density at radius 2 is 1.92 bits per heavy atom. The Morgan fingerprint density at radius 3 is 2.68 bits per heavy atom. The second kappa shape index (κ2) is 6.49. The number of nitrogens with zero attached hydrogens (tertiary/aromatic N) is 4. The number of nitrogens with one attached hydrogen (secondary N) is 1. The molecule has 2 aromatic carbocycles. The molecule has 2 heterocycles. The smallest absolute Gasteiger partial charge is 0.257 e. The van der Waals surface area contributed by atoms with Crippen LogP contribution in [0.3, 0.4) is 0 Å². The van der Waals surface area contributed by atoms with Gasteiger partial charge < -0.3 is 10.1 Å². The Bertz CT molecular complexity index is 1030. The van der Waals surface area contributed by atoms with Gasteiger partial charge in [-0.1, -0.05) is 31.2 Å². The summed E-state index contributed by atoms with van der Waals surface area (Å²) in [5, 5.41) is 12.9. The topological polar surface area (TPSA) is 64.3 Å². The van der Waals surface area contributed by atoms with Gasteiger partial charge in [-0.05, 0) is 29.8 Å². The lowest BCUT2D eigenvalue weighted by molar-refractivity contribution is 0.185. The van der Waals surface area contributed by atoms with Crippen LogP contribution in [0, 0.1) is 0 Å². The number of fused-ring (bicyclic) bond motifs is 3. The summed E-state index contributed by atoms with van der Waals surface area (Å²) in [7, 11) is 1.70. The second-order valence-corrected chi connectivity index (χ2v) is 5.84. The molecule has 6 nitrogen and oxygen atoms in total. The molecule has 0 bridgehead atoms. The zero-order valence-electron chi connectivity index (χ0n) is 14.2. The molecule has 0 atom stereocenters. The van der Waals surface area contributed by atoms with Crippen molar-refractivity contribution in [3.05, 3.63) is 59.9 Å². The molecule has 0 fully saturated rings. The highest BCUT2D eigenvalue weighted by Crippen LogP contribution is 2.27. The summed E-state index contributed by atoms with van der Waals surface area (Å²) in [5.74, 6) is 2.26. The minimum Gasteiger partial charge on any atom is -0.380 e. The van der Waals surface area contributed by atoms with Crippen molar-refractivity contribution in [1.29, 1.82) is 0 Å². The molecule has 0 amide bonds. The highest BCUT2D eigenvalue weighted by Gasteiger charge is 2.14. The maximum absolute atomic E-state index is 5.28. The second-order valence-electron chi connectivity index (χ2n) is 5.84. The summed E-state index contributed by atoms with van der Waals surface area (Å²) < 4.78 is 7.30. The van der Waals surface area contributed by atoms with Crippen LogP contribution in [0.25, 0.3) is 16.7 Å². The van der Waals surface area contributed by atoms with Gasteiger partial charge in [0.15, 0.2) is 0 Å². The summed E-state index contributed by atoms with van der Waals surface area (Å²) >= 11 is 0. The van der Waals surface area contributed by atoms with E-state index in [1.54, 1.807) is 7.11 Å². The van der Waals surface area contributed by atoms with Gasteiger partial charge in [-0.15, -0.1) is 10.2 Å². The van der Waals surface area contributed by atoms with Gasteiger partial charge in [-0.2, -0.15) is 4.98 Å². The molecule has 0 radical (unpaired) electrons. The van der Waals surface area contributed by atoms with Crippen molar-refractivity contribution in [2.24, 2.45) is 0 Å². The SMILES string of the molecule is CCc1nnc2nc(Nc3ccccc3)c3ccc(COC)cc3n12. The third-order valence-electron chi connectivity index (χ3n) is 4.15. The van der Waals surface area contributed by atoms with Crippen LogP contribution >= 0.6 is 0 Å². The Balaban J connectivity index is 1.96. The molecule has 6 heteroatoms. The fraction of sp³-hybridized carbons (Fsp3) is 0.211. The molecular weight excluding hydrogens is 314 g/mol. The Kier molecular flexibility index (Phi) is 4.03. The lowest BCUT2D eigenvalue weighted by Gasteiger charge is -2.12. The molecule has 2 aromatic heterocycles. The molecule has 0 saturated heterocycles. The van der Waals surface area contributed by atoms with E-state index in [-0.39, 0.29) is 0 Å². The van der Waals surface area contributed by atoms with Gasteiger partial charge in [0.2, 0.25) is 0 Å². The van der Waals surface area contributed by atoms with Crippen LogP contribution in [0.5, 0.6) is 0 Å². The molecule has 4 aromatic rings. The molecule has 0 aliphatic rings. The fourth-order valence-electron chi connectivity index (χ4n) is 2.99. The third kappa shape index (κ3) is 2.81. The first-order valence-corrected chi connectivity index (χ1v) is 8.28. The van der Waals surface area contributed by atoms with Crippen molar-refractivity contribution >= 4 is 28.2 Å². The molecule has 0 spiro atoms. The summed E-state index contributed by atoms with van der Waals surface area (Å²) in [6, 6.07) is 16.2. The lowest BCUT2D eigenvalue weighted by atomic mass is 10.1. The van der Waals surface area contributed by atoms with E-state index < -0.39 is 0 Å². The number of hydrogen-bond donors (Lipinski definition) is 1. The van der Waals surface area contributed by atoms with Crippen LogP contribution in [0.15, 0.2) is 48.5 Å². The van der Waals surface area contributed by atoms with E-state index in [0.717, 1.165) is 40.2 Å². The normalized spacial score (nSPS) is 11.3. The third-order valence-corrected chi connectivity index (χ3v) is 4.15. The predicted octanol–water partition coefficient (Wildman–Crippen LogP) is 3.73. The van der Waals surface area contributed by atoms with E-state index >= 15 is 0 Å². The van der Waals surface area contributed by atoms with Crippen molar-refractivity contribution in [2.75, 3.05) is 12.4 Å². The molecule has 0 unspecified atom stereocenters. The monoisotopic (exact) mass is 333 g/mol. The van der Waals surface area contributed by atoms with Crippen molar-refractivity contribution in [3.8, 4) is 0 Å². The van der Waals surface area contributed by atoms with Crippen LogP contribution in [-0.4, -0.2) is 26.7 Å². The largest absolute Gasteiger partial charge is 0.380 e. The van der Waals surface area contributed by atoms with E-state index in [1.165, 1.54) is 0 Å². The minimum atomic E-state index is 0.560. The fourth-order valence-corrected chi connectivity index (χ4v) is 2.99. The molecule has 4 rings (SSSR count). The van der Waals surface area contributed by atoms with E-state index in [0.29, 0.717) is 12.4 Å². The molecular formula is C19H19N5O. The van der Waals surface area contributed by atoms with Crippen molar-refractivity contribution < 1.29 is 4.74 Å². The van der Waals surface area contributed by atoms with Crippen molar-refractivity contribution in [2.45, 2.75) is 20.0 Å². The van der Waals surface area contributed by atoms with Gasteiger partial charge in [0.05, 0.1) is 12.1 Å². The molecule has 0 aliphatic heterocycles. The zero-order valence-corrected chi connectivity index (χ0v) is 14.2. The Labute approximate surface area is 145 Å². The van der Waals surface area contributed by atoms with Gasteiger partial charge >= 0.3 is 0 Å². The molecule has 0 saturated carbocycles. The predicted molar refractivity (Wildman–Crippen MR) is 98.1 cm³/mol. The Morgan fingerprint density at radius 1 is 1.08 bits per heavy atom. The van der Waals surface area contributed by atoms with E-state index in [9.17, 15) is 0 Å². The zero-order chi connectivity index (χ0) is 17.2. The summed E-state index contributed by atoms with van der Waals surface area (Å²) in [5.41, 5.74) is 3.11. The number of benzene rings is 2. The van der Waals surface area contributed by atoms with Crippen LogP contribution in [0.1, 0.15) is 18.3 Å². The summed E-state index contributed by atoms with van der Waals surface area (Å²) in [4.78, 5) is 4.69. The number of methoxy groups -OCH3 is 1. The number of aromatic nitrogens is 4. The van der Waals surface area contributed by atoms with Crippen molar-refractivity contribution in [1.82, 2.24) is 19.6 Å². The standard InChI is InChI=1S/C19H19N5O/c1-3-17-22-23-19-21-18(20-14-7-5-4-6-8-14)15-10-9-13(12-25-2)11-16(15)24(17)19/h4-11H,3,12H2,1-2H3,(H,20,21,23). The number of aryl methyl sites for hydroxylation is 1. The Hall–Kier alpha value is -2.99. The number of para-hydroxylation sites is 1. The minimum absolute atomic E-state index is 0.560. The average Bonchev–Trinajstić information content (AvgIpc) is 3.06. The van der Waals surface area contributed by atoms with Crippen LogP contribution < -0.4 is 5.32 Å². The van der Waals surface area contributed by atoms with E-state index in [4.69, 9.17) is 4.74 Å². The van der Waals surface area contributed by atoms with Gasteiger partial charge in [0, 0.05) is 24.6 Å². The van der Waals surface area contributed by atoms with Crippen LogP contribution in [-0.2, 0) is 17.8 Å². The summed E-state index contributed by atoms with van der Waals surface area (Å²) in [6.07, 6.45) is 0.790. The van der Waals surface area contributed by atoms with Gasteiger partial charge in [0.25, 0.3) is 5.78 Å². The maximum atomic E-state index is 5.28. The molecule has 126 valence electrons. The molecule has 25 heavy (non-hydrogen) atoms. The number of ether oxygens (including phenoxy) is 1. The lowest BCUT2D eigenvalue weighted by Crippen LogP contribution is -2.02. The summed E-state index contributed by atoms with van der Waals surface area (Å²) in [6.45, 7) is 2.63. The number of rotatable bonds is 5. The highest BCUT2D eigenvalue weighted by molar-refractivity contribution is 5.93. The van der Waals surface area contributed by atoms with E-state index in [1.807, 2.05) is 34.7 Å². The first-order valence-electron chi connectivity index (χ1n) is 8.28. The van der Waals surface area contributed by atoms with Crippen molar-refractivity contribution in [3.63, 3.8) is 0 Å².